The molecule has 2 nitrogen and oxygen atoms in total. The van der Waals surface area contributed by atoms with Crippen LogP contribution in [-0.2, 0) is 6.42 Å². The fourth-order valence-corrected chi connectivity index (χ4v) is 2.73. The number of nitrogens with zero attached hydrogens (tertiary/aromatic N) is 1. The molecule has 1 aromatic rings. The maximum atomic E-state index is 6.01. The zero-order valence-corrected chi connectivity index (χ0v) is 12.5. The molecule has 1 aromatic carbocycles. The van der Waals surface area contributed by atoms with Crippen LogP contribution in [0.1, 0.15) is 43.7 Å². The molecule has 19 heavy (non-hydrogen) atoms. The third kappa shape index (κ3) is 4.54. The molecule has 0 saturated carbocycles. The van der Waals surface area contributed by atoms with Crippen molar-refractivity contribution in [3.8, 4) is 5.75 Å². The van der Waals surface area contributed by atoms with Crippen LogP contribution in [0.25, 0.3) is 0 Å². The van der Waals surface area contributed by atoms with Gasteiger partial charge in [0.05, 0.1) is 0 Å². The number of benzene rings is 1. The van der Waals surface area contributed by atoms with Crippen molar-refractivity contribution in [3.63, 3.8) is 0 Å². The number of hydrogen-bond acceptors (Lipinski definition) is 2. The first-order valence-corrected chi connectivity index (χ1v) is 7.74. The lowest BCUT2D eigenvalue weighted by Crippen LogP contribution is -2.29. The molecular formula is C17H27NO. The average Bonchev–Trinajstić information content (AvgIpc) is 2.68. The highest BCUT2D eigenvalue weighted by atomic mass is 16.5. The highest BCUT2D eigenvalue weighted by molar-refractivity contribution is 5.37. The topological polar surface area (TPSA) is 12.5 Å². The van der Waals surface area contributed by atoms with Gasteiger partial charge in [-0.15, -0.1) is 0 Å². The number of hydrogen-bond donors (Lipinski definition) is 0. The molecular weight excluding hydrogens is 234 g/mol. The van der Waals surface area contributed by atoms with Gasteiger partial charge in [0.25, 0.3) is 0 Å². The first-order valence-electron chi connectivity index (χ1n) is 7.74. The van der Waals surface area contributed by atoms with E-state index in [4.69, 9.17) is 4.74 Å². The average molecular weight is 261 g/mol. The minimum absolute atomic E-state index is 0.816. The Kier molecular flexibility index (Phi) is 5.71. The van der Waals surface area contributed by atoms with E-state index in [1.54, 1.807) is 0 Å². The Morgan fingerprint density at radius 3 is 2.53 bits per heavy atom. The van der Waals surface area contributed by atoms with Crippen molar-refractivity contribution in [2.24, 2.45) is 0 Å². The summed E-state index contributed by atoms with van der Waals surface area (Å²) in [5, 5.41) is 0. The van der Waals surface area contributed by atoms with Gasteiger partial charge in [0.15, 0.2) is 0 Å². The Balaban J connectivity index is 1.82. The lowest BCUT2D eigenvalue weighted by Gasteiger charge is -2.20. The molecule has 0 bridgehead atoms. The maximum Gasteiger partial charge on any atom is 0.122 e. The fraction of sp³-hybridized carbons (Fsp3) is 0.647. The molecule has 1 aliphatic rings. The Labute approximate surface area is 117 Å². The number of ether oxygens (including phenoxy) is 1. The second-order valence-electron chi connectivity index (χ2n) is 5.57. The summed E-state index contributed by atoms with van der Waals surface area (Å²) >= 11 is 0. The van der Waals surface area contributed by atoms with E-state index in [0.717, 1.165) is 25.3 Å². The molecule has 1 saturated heterocycles. The third-order valence-corrected chi connectivity index (χ3v) is 3.97. The molecule has 0 amide bonds. The van der Waals surface area contributed by atoms with Crippen molar-refractivity contribution in [1.82, 2.24) is 4.90 Å². The highest BCUT2D eigenvalue weighted by Gasteiger charge is 2.09. The maximum absolute atomic E-state index is 6.01. The Bertz CT molecular complexity index is 381. The van der Waals surface area contributed by atoms with Gasteiger partial charge in [0.2, 0.25) is 0 Å². The summed E-state index contributed by atoms with van der Waals surface area (Å²) in [5.41, 5.74) is 2.60. The van der Waals surface area contributed by atoms with Gasteiger partial charge in [-0.05, 0) is 56.5 Å². The molecule has 0 atom stereocenters. The van der Waals surface area contributed by atoms with Gasteiger partial charge in [-0.3, -0.25) is 4.90 Å². The van der Waals surface area contributed by atoms with Crippen LogP contribution in [-0.4, -0.2) is 31.1 Å². The van der Waals surface area contributed by atoms with Crippen LogP contribution in [0, 0.1) is 6.92 Å². The van der Waals surface area contributed by atoms with E-state index in [2.05, 4.69) is 36.9 Å². The van der Waals surface area contributed by atoms with Crippen molar-refractivity contribution in [2.45, 2.75) is 46.0 Å². The van der Waals surface area contributed by atoms with Gasteiger partial charge < -0.3 is 4.74 Å². The molecule has 0 N–H and O–H groups in total. The van der Waals surface area contributed by atoms with Crippen molar-refractivity contribution in [2.75, 3.05) is 26.2 Å². The van der Waals surface area contributed by atoms with Crippen LogP contribution in [0.5, 0.6) is 5.75 Å². The lowest BCUT2D eigenvalue weighted by atomic mass is 10.1. The number of aryl methyl sites for hydroxylation is 2. The first kappa shape index (κ1) is 14.4. The molecule has 0 unspecified atom stereocenters. The van der Waals surface area contributed by atoms with Crippen molar-refractivity contribution in [1.29, 1.82) is 0 Å². The van der Waals surface area contributed by atoms with Crippen molar-refractivity contribution in [3.05, 3.63) is 29.3 Å². The summed E-state index contributed by atoms with van der Waals surface area (Å²) in [6, 6.07) is 6.53. The van der Waals surface area contributed by atoms with E-state index < -0.39 is 0 Å². The Hall–Kier alpha value is -1.02. The second-order valence-corrected chi connectivity index (χ2v) is 5.57. The molecule has 0 radical (unpaired) electrons. The predicted octanol–water partition coefficient (Wildman–Crippen LogP) is 3.81. The smallest absolute Gasteiger partial charge is 0.122 e. The van der Waals surface area contributed by atoms with E-state index in [1.165, 1.54) is 49.9 Å². The van der Waals surface area contributed by atoms with E-state index in [-0.39, 0.29) is 0 Å². The minimum atomic E-state index is 0.816. The monoisotopic (exact) mass is 261 g/mol. The first-order chi connectivity index (χ1) is 9.29. The number of rotatable bonds is 5. The summed E-state index contributed by atoms with van der Waals surface area (Å²) in [4.78, 5) is 2.55. The van der Waals surface area contributed by atoms with Gasteiger partial charge in [-0.2, -0.15) is 0 Å². The summed E-state index contributed by atoms with van der Waals surface area (Å²) in [6.45, 7) is 8.69. The minimum Gasteiger partial charge on any atom is -0.492 e. The van der Waals surface area contributed by atoms with E-state index in [1.807, 2.05) is 0 Å². The molecule has 0 aromatic heterocycles. The molecule has 1 fully saturated rings. The highest BCUT2D eigenvalue weighted by Crippen LogP contribution is 2.21. The molecule has 2 rings (SSSR count). The molecule has 0 spiro atoms. The van der Waals surface area contributed by atoms with Crippen molar-refractivity contribution >= 4 is 0 Å². The third-order valence-electron chi connectivity index (χ3n) is 3.97. The van der Waals surface area contributed by atoms with Gasteiger partial charge in [-0.25, -0.2) is 0 Å². The van der Waals surface area contributed by atoms with Crippen LogP contribution < -0.4 is 4.74 Å². The predicted molar refractivity (Wildman–Crippen MR) is 81.0 cm³/mol. The van der Waals surface area contributed by atoms with Gasteiger partial charge in [0, 0.05) is 6.54 Å². The van der Waals surface area contributed by atoms with Crippen LogP contribution in [0.4, 0.5) is 0 Å². The fourth-order valence-electron chi connectivity index (χ4n) is 2.73. The van der Waals surface area contributed by atoms with Crippen LogP contribution in [0.2, 0.25) is 0 Å². The summed E-state index contributed by atoms with van der Waals surface area (Å²) < 4.78 is 6.01. The summed E-state index contributed by atoms with van der Waals surface area (Å²) in [5.74, 6) is 1.08. The Morgan fingerprint density at radius 1 is 1.11 bits per heavy atom. The van der Waals surface area contributed by atoms with E-state index >= 15 is 0 Å². The Morgan fingerprint density at radius 2 is 1.84 bits per heavy atom. The SMILES string of the molecule is CCc1ccc(C)cc1OCCN1CCCCCC1. The molecule has 1 heterocycles. The lowest BCUT2D eigenvalue weighted by molar-refractivity contribution is 0.213. The van der Waals surface area contributed by atoms with E-state index in [0.29, 0.717) is 0 Å². The van der Waals surface area contributed by atoms with Gasteiger partial charge >= 0.3 is 0 Å². The van der Waals surface area contributed by atoms with E-state index in [9.17, 15) is 0 Å². The van der Waals surface area contributed by atoms with Crippen LogP contribution in [0.3, 0.4) is 0 Å². The van der Waals surface area contributed by atoms with Crippen molar-refractivity contribution < 1.29 is 4.74 Å². The quantitative estimate of drug-likeness (QED) is 0.799. The molecule has 106 valence electrons. The molecule has 1 aliphatic heterocycles. The number of likely N-dealkylation sites (tertiary alicyclic amines) is 1. The van der Waals surface area contributed by atoms with Gasteiger partial charge in [0.1, 0.15) is 12.4 Å². The zero-order valence-electron chi connectivity index (χ0n) is 12.5. The normalized spacial score (nSPS) is 17.2. The second kappa shape index (κ2) is 7.54. The summed E-state index contributed by atoms with van der Waals surface area (Å²) in [6.07, 6.45) is 6.54. The molecule has 0 aliphatic carbocycles. The van der Waals surface area contributed by atoms with Gasteiger partial charge in [-0.1, -0.05) is 31.9 Å². The molecule has 2 heteroatoms. The van der Waals surface area contributed by atoms with Crippen LogP contribution in [0.15, 0.2) is 18.2 Å². The standard InChI is InChI=1S/C17H27NO/c1-3-16-9-8-15(2)14-17(16)19-13-12-18-10-6-4-5-7-11-18/h8-9,14H,3-7,10-13H2,1-2H3. The summed E-state index contributed by atoms with van der Waals surface area (Å²) in [7, 11) is 0. The zero-order chi connectivity index (χ0) is 13.5. The van der Waals surface area contributed by atoms with Crippen LogP contribution >= 0.6 is 0 Å². The largest absolute Gasteiger partial charge is 0.492 e.